The van der Waals surface area contributed by atoms with Crippen LogP contribution in [0.5, 0.6) is 0 Å². The molecule has 0 N–H and O–H groups in total. The third-order valence-corrected chi connectivity index (χ3v) is 4.67. The van der Waals surface area contributed by atoms with Gasteiger partial charge in [-0.05, 0) is 54.4 Å². The van der Waals surface area contributed by atoms with Crippen molar-refractivity contribution < 1.29 is 23.9 Å². The van der Waals surface area contributed by atoms with Gasteiger partial charge in [-0.15, -0.1) is 0 Å². The van der Waals surface area contributed by atoms with Gasteiger partial charge in [-0.2, -0.15) is 0 Å². The molecule has 0 aromatic rings. The van der Waals surface area contributed by atoms with E-state index in [1.807, 2.05) is 41.5 Å². The Morgan fingerprint density at radius 3 is 1.68 bits per heavy atom. The van der Waals surface area contributed by atoms with Crippen LogP contribution in [-0.4, -0.2) is 83.3 Å². The Kier molecular flexibility index (Phi) is 6.83. The summed E-state index contributed by atoms with van der Waals surface area (Å²) in [6, 6.07) is 0. The molecule has 28 heavy (non-hydrogen) atoms. The lowest BCUT2D eigenvalue weighted by Gasteiger charge is -2.39. The molecule has 0 bridgehead atoms. The van der Waals surface area contributed by atoms with Crippen LogP contribution in [0, 0.1) is 5.92 Å². The highest BCUT2D eigenvalue weighted by molar-refractivity contribution is 5.80. The number of piperazine rings is 1. The van der Waals surface area contributed by atoms with Gasteiger partial charge in [-0.3, -0.25) is 4.79 Å². The van der Waals surface area contributed by atoms with E-state index in [1.165, 1.54) is 0 Å². The third-order valence-electron chi connectivity index (χ3n) is 4.67. The van der Waals surface area contributed by atoms with Crippen LogP contribution in [0.3, 0.4) is 0 Å². The Labute approximate surface area is 168 Å². The van der Waals surface area contributed by atoms with E-state index >= 15 is 0 Å². The van der Waals surface area contributed by atoms with E-state index in [2.05, 4.69) is 0 Å². The van der Waals surface area contributed by atoms with E-state index in [4.69, 9.17) is 9.47 Å². The van der Waals surface area contributed by atoms with Crippen molar-refractivity contribution in [2.24, 2.45) is 5.92 Å². The molecule has 2 rings (SSSR count). The standard InChI is InChI=1S/C20H35N3O5/c1-19(2,3)27-17(25)22-12-10-21(11-13-22)16(24)15-8-7-9-23(14-15)18(26)28-20(4,5)6/h15H,7-14H2,1-6H3. The Balaban J connectivity index is 1.86. The van der Waals surface area contributed by atoms with Crippen LogP contribution in [0.4, 0.5) is 9.59 Å². The average Bonchev–Trinajstić information content (AvgIpc) is 2.58. The molecule has 8 nitrogen and oxygen atoms in total. The second-order valence-corrected chi connectivity index (χ2v) is 9.56. The number of hydrogen-bond donors (Lipinski definition) is 0. The zero-order chi connectivity index (χ0) is 21.1. The molecule has 0 radical (unpaired) electrons. The molecule has 1 atom stereocenters. The van der Waals surface area contributed by atoms with Crippen LogP contribution < -0.4 is 0 Å². The van der Waals surface area contributed by atoms with Gasteiger partial charge in [0.25, 0.3) is 0 Å². The topological polar surface area (TPSA) is 79.4 Å². The van der Waals surface area contributed by atoms with Crippen molar-refractivity contribution in [3.8, 4) is 0 Å². The van der Waals surface area contributed by atoms with Crippen molar-refractivity contribution in [1.82, 2.24) is 14.7 Å². The maximum atomic E-state index is 12.9. The van der Waals surface area contributed by atoms with Gasteiger partial charge in [0.1, 0.15) is 11.2 Å². The van der Waals surface area contributed by atoms with Gasteiger partial charge in [0, 0.05) is 39.3 Å². The lowest BCUT2D eigenvalue weighted by Crippen LogP contribution is -2.54. The molecule has 3 amide bonds. The maximum absolute atomic E-state index is 12.9. The molecule has 0 spiro atoms. The SMILES string of the molecule is CC(C)(C)OC(=O)N1CCN(C(=O)C2CCCN(C(=O)OC(C)(C)C)C2)CC1. The lowest BCUT2D eigenvalue weighted by molar-refractivity contribution is -0.139. The van der Waals surface area contributed by atoms with Crippen LogP contribution in [-0.2, 0) is 14.3 Å². The first-order valence-electron chi connectivity index (χ1n) is 10.1. The van der Waals surface area contributed by atoms with Crippen molar-refractivity contribution >= 4 is 18.1 Å². The molecule has 2 aliphatic rings. The lowest BCUT2D eigenvalue weighted by atomic mass is 9.96. The van der Waals surface area contributed by atoms with Crippen molar-refractivity contribution in [3.63, 3.8) is 0 Å². The molecular weight excluding hydrogens is 362 g/mol. The number of piperidine rings is 1. The smallest absolute Gasteiger partial charge is 0.410 e. The fourth-order valence-corrected chi connectivity index (χ4v) is 3.37. The molecule has 2 saturated heterocycles. The fraction of sp³-hybridized carbons (Fsp3) is 0.850. The zero-order valence-corrected chi connectivity index (χ0v) is 18.1. The third kappa shape index (κ3) is 6.56. The highest BCUT2D eigenvalue weighted by Gasteiger charge is 2.35. The number of hydrogen-bond acceptors (Lipinski definition) is 5. The maximum Gasteiger partial charge on any atom is 0.410 e. The number of ether oxygens (including phenoxy) is 2. The van der Waals surface area contributed by atoms with Crippen molar-refractivity contribution in [2.45, 2.75) is 65.6 Å². The highest BCUT2D eigenvalue weighted by Crippen LogP contribution is 2.22. The summed E-state index contributed by atoms with van der Waals surface area (Å²) in [6.07, 6.45) is 0.853. The summed E-state index contributed by atoms with van der Waals surface area (Å²) in [6.45, 7) is 13.9. The van der Waals surface area contributed by atoms with Gasteiger partial charge in [-0.25, -0.2) is 9.59 Å². The minimum atomic E-state index is -0.550. The van der Waals surface area contributed by atoms with Crippen LogP contribution in [0.2, 0.25) is 0 Å². The minimum absolute atomic E-state index is 0.0529. The summed E-state index contributed by atoms with van der Waals surface area (Å²) in [5.74, 6) is -0.161. The average molecular weight is 398 g/mol. The molecule has 0 saturated carbocycles. The second-order valence-electron chi connectivity index (χ2n) is 9.56. The molecule has 1 unspecified atom stereocenters. The predicted molar refractivity (Wildman–Crippen MR) is 105 cm³/mol. The Bertz CT molecular complexity index is 586. The van der Waals surface area contributed by atoms with Gasteiger partial charge in [0.15, 0.2) is 0 Å². The molecular formula is C20H35N3O5. The first-order valence-corrected chi connectivity index (χ1v) is 10.1. The Morgan fingerprint density at radius 2 is 1.18 bits per heavy atom. The molecule has 2 heterocycles. The number of nitrogens with zero attached hydrogens (tertiary/aromatic N) is 3. The summed E-state index contributed by atoms with van der Waals surface area (Å²) in [7, 11) is 0. The number of likely N-dealkylation sites (tertiary alicyclic amines) is 1. The van der Waals surface area contributed by atoms with Gasteiger partial charge >= 0.3 is 12.2 Å². The number of carbonyl (C=O) groups is 3. The fourth-order valence-electron chi connectivity index (χ4n) is 3.37. The molecule has 160 valence electrons. The predicted octanol–water partition coefficient (Wildman–Crippen LogP) is 2.71. The molecule has 8 heteroatoms. The summed E-state index contributed by atoms with van der Waals surface area (Å²) in [4.78, 5) is 42.5. The normalized spacial score (nSPS) is 21.4. The van der Waals surface area contributed by atoms with E-state index in [0.29, 0.717) is 39.3 Å². The van der Waals surface area contributed by atoms with E-state index < -0.39 is 11.2 Å². The second kappa shape index (κ2) is 8.57. The Hall–Kier alpha value is -1.99. The Morgan fingerprint density at radius 1 is 0.714 bits per heavy atom. The summed E-state index contributed by atoms with van der Waals surface area (Å²) >= 11 is 0. The number of amides is 3. The van der Waals surface area contributed by atoms with Gasteiger partial charge < -0.3 is 24.2 Å². The van der Waals surface area contributed by atoms with Gasteiger partial charge in [0.05, 0.1) is 5.92 Å². The molecule has 0 aromatic carbocycles. The first-order chi connectivity index (χ1) is 12.9. The molecule has 0 aromatic heterocycles. The minimum Gasteiger partial charge on any atom is -0.444 e. The summed E-state index contributed by atoms with van der Waals surface area (Å²) in [5, 5.41) is 0. The van der Waals surface area contributed by atoms with E-state index in [9.17, 15) is 14.4 Å². The van der Waals surface area contributed by atoms with Crippen LogP contribution in [0.15, 0.2) is 0 Å². The summed E-state index contributed by atoms with van der Waals surface area (Å²) in [5.41, 5.74) is -1.08. The van der Waals surface area contributed by atoms with Crippen molar-refractivity contribution in [1.29, 1.82) is 0 Å². The number of rotatable bonds is 1. The highest BCUT2D eigenvalue weighted by atomic mass is 16.6. The molecule has 0 aliphatic carbocycles. The quantitative estimate of drug-likeness (QED) is 0.680. The van der Waals surface area contributed by atoms with Crippen LogP contribution >= 0.6 is 0 Å². The largest absolute Gasteiger partial charge is 0.444 e. The van der Waals surface area contributed by atoms with Gasteiger partial charge in [-0.1, -0.05) is 0 Å². The van der Waals surface area contributed by atoms with Crippen LogP contribution in [0.1, 0.15) is 54.4 Å². The van der Waals surface area contributed by atoms with Gasteiger partial charge in [0.2, 0.25) is 5.91 Å². The van der Waals surface area contributed by atoms with Crippen molar-refractivity contribution in [3.05, 3.63) is 0 Å². The molecule has 2 aliphatic heterocycles. The van der Waals surface area contributed by atoms with E-state index in [0.717, 1.165) is 12.8 Å². The molecule has 2 fully saturated rings. The summed E-state index contributed by atoms with van der Waals surface area (Å²) < 4.78 is 10.8. The van der Waals surface area contributed by atoms with E-state index in [-0.39, 0.29) is 24.0 Å². The van der Waals surface area contributed by atoms with Crippen molar-refractivity contribution in [2.75, 3.05) is 39.3 Å². The number of carbonyl (C=O) groups excluding carboxylic acids is 3. The van der Waals surface area contributed by atoms with E-state index in [1.54, 1.807) is 14.7 Å². The first kappa shape index (κ1) is 22.3. The monoisotopic (exact) mass is 397 g/mol. The zero-order valence-electron chi connectivity index (χ0n) is 18.1. The van der Waals surface area contributed by atoms with Crippen LogP contribution in [0.25, 0.3) is 0 Å².